The molecule has 26 heteroatoms. The summed E-state index contributed by atoms with van der Waals surface area (Å²) in [5, 5.41) is 5.65. The monoisotopic (exact) mass is 878 g/mol. The van der Waals surface area contributed by atoms with Crippen molar-refractivity contribution in [3.05, 3.63) is 20.7 Å². The zero-order valence-electron chi connectivity index (χ0n) is 35.2. The summed E-state index contributed by atoms with van der Waals surface area (Å²) in [7, 11) is 5.17. The lowest BCUT2D eigenvalue weighted by atomic mass is 10.0. The van der Waals surface area contributed by atoms with E-state index in [-0.39, 0.29) is 48.2 Å². The summed E-state index contributed by atoms with van der Waals surface area (Å²) in [4.78, 5) is 117. The molecule has 26 nitrogen and oxygen atoms in total. The van der Waals surface area contributed by atoms with E-state index in [0.717, 1.165) is 63.1 Å². The van der Waals surface area contributed by atoms with Gasteiger partial charge in [-0.25, -0.2) is 9.98 Å². The van der Waals surface area contributed by atoms with E-state index in [4.69, 9.17) is 47.4 Å². The average Bonchev–Trinajstić information content (AvgIpc) is 3.18. The maximum atomic E-state index is 13.6. The van der Waals surface area contributed by atoms with Crippen LogP contribution in [0.3, 0.4) is 0 Å². The van der Waals surface area contributed by atoms with Crippen molar-refractivity contribution >= 4 is 71.3 Å². The number of hydrogen-bond donors (Lipinski definition) is 2. The molecule has 2 aliphatic rings. The molecule has 62 heavy (non-hydrogen) atoms. The summed E-state index contributed by atoms with van der Waals surface area (Å²) >= 11 is 0. The number of methoxy groups -OCH3 is 2. The van der Waals surface area contributed by atoms with Crippen molar-refractivity contribution in [3.63, 3.8) is 0 Å². The fourth-order valence-corrected chi connectivity index (χ4v) is 6.16. The number of aliphatic imine (C=N–C) groups is 2. The van der Waals surface area contributed by atoms with Gasteiger partial charge < -0.3 is 58.0 Å². The van der Waals surface area contributed by atoms with Crippen molar-refractivity contribution in [1.82, 2.24) is 19.1 Å². The van der Waals surface area contributed by atoms with E-state index in [0.29, 0.717) is 0 Å². The molecule has 0 radical (unpaired) electrons. The number of anilines is 2. The number of esters is 6. The number of carbonyl (C=O) groups excluding carboxylic acids is 6. The largest absolute Gasteiger partial charge is 0.468 e. The zero-order chi connectivity index (χ0) is 46.0. The maximum Gasteiger partial charge on any atom is 0.303 e. The van der Waals surface area contributed by atoms with Gasteiger partial charge in [0.15, 0.2) is 72.1 Å². The quantitative estimate of drug-likeness (QED) is 0.125. The molecule has 4 heterocycles. The van der Waals surface area contributed by atoms with Gasteiger partial charge in [0.05, 0.1) is 27.4 Å². The van der Waals surface area contributed by atoms with Crippen LogP contribution in [0, 0.1) is 0 Å². The Kier molecular flexibility index (Phi) is 16.2. The van der Waals surface area contributed by atoms with Crippen molar-refractivity contribution in [2.45, 2.75) is 90.6 Å². The van der Waals surface area contributed by atoms with E-state index in [1.54, 1.807) is 0 Å². The Morgan fingerprint density at radius 2 is 0.871 bits per heavy atom. The number of hydrogen-bond acceptors (Lipinski definition) is 24. The zero-order valence-corrected chi connectivity index (χ0v) is 35.2. The normalized spacial score (nSPS) is 23.5. The molecule has 2 N–H and O–H groups in total. The van der Waals surface area contributed by atoms with Crippen LogP contribution in [0.5, 0.6) is 12.0 Å². The highest BCUT2D eigenvalue weighted by Gasteiger charge is 2.49. The van der Waals surface area contributed by atoms with Crippen LogP contribution >= 0.6 is 0 Å². The molecule has 0 spiro atoms. The maximum absolute atomic E-state index is 13.6. The van der Waals surface area contributed by atoms with Crippen LogP contribution in [0.1, 0.15) is 41.5 Å². The molecule has 2 aromatic rings. The summed E-state index contributed by atoms with van der Waals surface area (Å²) in [6.45, 7) is 5.89. The number of nitrogens with zero attached hydrogens (tertiary/aromatic N) is 6. The smallest absolute Gasteiger partial charge is 0.303 e. The Bertz CT molecular complexity index is 2070. The second-order valence-electron chi connectivity index (χ2n) is 13.3. The minimum atomic E-state index is -1.46. The van der Waals surface area contributed by atoms with Gasteiger partial charge in [-0.1, -0.05) is 0 Å². The van der Waals surface area contributed by atoms with E-state index < -0.39 is 96.0 Å². The van der Waals surface area contributed by atoms with Crippen molar-refractivity contribution in [2.75, 3.05) is 38.1 Å². The third kappa shape index (κ3) is 11.9. The third-order valence-corrected chi connectivity index (χ3v) is 8.55. The van der Waals surface area contributed by atoms with Crippen molar-refractivity contribution in [1.29, 1.82) is 0 Å². The van der Waals surface area contributed by atoms with Crippen LogP contribution < -0.4 is 31.2 Å². The molecule has 2 aromatic heterocycles. The second-order valence-corrected chi connectivity index (χ2v) is 13.3. The van der Waals surface area contributed by atoms with Gasteiger partial charge in [0.25, 0.3) is 11.1 Å². The number of aromatic nitrogens is 4. The Morgan fingerprint density at radius 3 is 1.16 bits per heavy atom. The lowest BCUT2D eigenvalue weighted by Crippen LogP contribution is -2.59. The molecule has 2 aliphatic heterocycles. The van der Waals surface area contributed by atoms with Gasteiger partial charge in [-0.2, -0.15) is 9.97 Å². The first-order valence-corrected chi connectivity index (χ1v) is 18.4. The SMILES string of the molecule is COc1nc(N[C@@H]2OC[C@H](OC(C)=O)[C@@H](OC(C)=O)[C@H]2OC(C)=O)c(N=CC=Nc2c(N[C@@H]3OC[C@H](OC(C)=O)[C@H](OC(C)=O)[C@@H]3OC(C)=O)nc(OC)n(C)c2=O)c(=O)n1C. The highest BCUT2D eigenvalue weighted by Crippen LogP contribution is 2.30. The van der Waals surface area contributed by atoms with E-state index >= 15 is 0 Å². The van der Waals surface area contributed by atoms with Gasteiger partial charge in [0.2, 0.25) is 0 Å². The second kappa shape index (κ2) is 21.0. The van der Waals surface area contributed by atoms with E-state index in [2.05, 4.69) is 30.6 Å². The average molecular weight is 879 g/mol. The highest BCUT2D eigenvalue weighted by molar-refractivity contribution is 6.17. The molecule has 0 aliphatic carbocycles. The molecule has 338 valence electrons. The lowest BCUT2D eigenvalue weighted by Gasteiger charge is -2.40. The standard InChI is InChI=1S/C36H46N8O18/c1-15(45)57-21-13-55-31(27(61-19(5)49)25(21)59-17(3)47)39-29-23(33(51)43(7)35(41-29)53-9)37-11-12-38-24-30(42-36(54-10)44(8)34(24)52)40-32-28(62-20(6)50)26(60-18(4)48)22(14-56-32)58-16(2)46/h11-12,21-22,25-28,31-32,39-40H,13-14H2,1-10H3/t21-,22-,25-,26+,27-,28+,31+,32+/m0/s1. The number of ether oxygens (including phenoxy) is 10. The topological polar surface area (TPSA) is 313 Å². The third-order valence-electron chi connectivity index (χ3n) is 8.55. The van der Waals surface area contributed by atoms with Crippen LogP contribution in [-0.4, -0.2) is 144 Å². The van der Waals surface area contributed by atoms with Crippen LogP contribution in [0.15, 0.2) is 19.6 Å². The van der Waals surface area contributed by atoms with Crippen molar-refractivity contribution in [3.8, 4) is 12.0 Å². The highest BCUT2D eigenvalue weighted by atomic mass is 16.7. The van der Waals surface area contributed by atoms with E-state index in [9.17, 15) is 38.4 Å². The molecule has 0 unspecified atom stereocenters. The van der Waals surface area contributed by atoms with Gasteiger partial charge in [-0.15, -0.1) is 0 Å². The fraction of sp³-hybridized carbons (Fsp3) is 0.556. The summed E-state index contributed by atoms with van der Waals surface area (Å²) in [6, 6.07) is -0.398. The Balaban J connectivity index is 1.75. The minimum absolute atomic E-state index is 0.199. The lowest BCUT2D eigenvalue weighted by molar-refractivity contribution is -0.221. The molecule has 4 rings (SSSR count). The molecule has 0 bridgehead atoms. The minimum Gasteiger partial charge on any atom is -0.468 e. The Labute approximate surface area is 351 Å². The van der Waals surface area contributed by atoms with Crippen LogP contribution in [0.2, 0.25) is 0 Å². The molecule has 2 saturated heterocycles. The van der Waals surface area contributed by atoms with Gasteiger partial charge in [-0.3, -0.25) is 47.5 Å². The Morgan fingerprint density at radius 1 is 0.565 bits per heavy atom. The summed E-state index contributed by atoms with van der Waals surface area (Å²) < 4.78 is 56.4. The predicted molar refractivity (Wildman–Crippen MR) is 208 cm³/mol. The Hall–Kier alpha value is -6.96. The van der Waals surface area contributed by atoms with E-state index in [1.165, 1.54) is 28.3 Å². The molecular formula is C36H46N8O18. The van der Waals surface area contributed by atoms with Crippen LogP contribution in [0.25, 0.3) is 0 Å². The fourth-order valence-electron chi connectivity index (χ4n) is 6.16. The molecular weight excluding hydrogens is 832 g/mol. The number of nitrogens with one attached hydrogen (secondary N) is 2. The molecule has 0 aromatic carbocycles. The molecule has 0 amide bonds. The summed E-state index contributed by atoms with van der Waals surface area (Å²) in [6.07, 6.45) is -8.76. The first-order chi connectivity index (χ1) is 29.2. The molecule has 2 fully saturated rings. The summed E-state index contributed by atoms with van der Waals surface area (Å²) in [5.41, 5.74) is -2.31. The van der Waals surface area contributed by atoms with Crippen LogP contribution in [0.4, 0.5) is 23.0 Å². The van der Waals surface area contributed by atoms with Gasteiger partial charge >= 0.3 is 47.8 Å². The summed E-state index contributed by atoms with van der Waals surface area (Å²) in [5.74, 6) is -5.27. The van der Waals surface area contributed by atoms with Gasteiger partial charge in [0.1, 0.15) is 0 Å². The van der Waals surface area contributed by atoms with Crippen molar-refractivity contribution in [2.24, 2.45) is 24.1 Å². The molecule has 0 saturated carbocycles. The van der Waals surface area contributed by atoms with Crippen molar-refractivity contribution < 1.29 is 76.1 Å². The first kappa shape index (κ1) is 47.7. The number of rotatable bonds is 15. The van der Waals surface area contributed by atoms with Crippen LogP contribution in [-0.2, 0) is 80.8 Å². The molecule has 8 atom stereocenters. The number of carbonyl (C=O) groups is 6. The van der Waals surface area contributed by atoms with Gasteiger partial charge in [0, 0.05) is 68.1 Å². The first-order valence-electron chi connectivity index (χ1n) is 18.4. The van der Waals surface area contributed by atoms with Gasteiger partial charge in [-0.05, 0) is 0 Å². The van der Waals surface area contributed by atoms with E-state index in [1.807, 2.05) is 0 Å². The predicted octanol–water partition coefficient (Wildman–Crippen LogP) is -0.877.